The second-order valence-electron chi connectivity index (χ2n) is 4.41. The Kier molecular flexibility index (Phi) is 4.97. The van der Waals surface area contributed by atoms with E-state index in [0.29, 0.717) is 26.2 Å². The van der Waals surface area contributed by atoms with E-state index in [0.717, 1.165) is 13.1 Å². The van der Waals surface area contributed by atoms with Gasteiger partial charge in [0.15, 0.2) is 0 Å². The number of pyridine rings is 1. The fraction of sp³-hybridized carbons (Fsp3) is 0.500. The van der Waals surface area contributed by atoms with E-state index in [9.17, 15) is 14.9 Å². The first-order valence-electron chi connectivity index (χ1n) is 6.35. The molecule has 0 unspecified atom stereocenters. The molecule has 2 heterocycles. The fourth-order valence-corrected chi connectivity index (χ4v) is 1.89. The van der Waals surface area contributed by atoms with Crippen LogP contribution in [-0.2, 0) is 9.53 Å². The number of anilines is 1. The molecule has 1 aliphatic heterocycles. The molecule has 1 aliphatic rings. The van der Waals surface area contributed by atoms with Gasteiger partial charge in [-0.15, -0.1) is 0 Å². The van der Waals surface area contributed by atoms with Gasteiger partial charge in [0.2, 0.25) is 5.91 Å². The first-order chi connectivity index (χ1) is 9.65. The SMILES string of the molecule is O=C(CCN1CCOCC1)Nc1cc([N+](=O)[O-])ccn1. The van der Waals surface area contributed by atoms with Crippen molar-refractivity contribution >= 4 is 17.4 Å². The van der Waals surface area contributed by atoms with Gasteiger partial charge >= 0.3 is 0 Å². The van der Waals surface area contributed by atoms with Crippen LogP contribution in [0, 0.1) is 10.1 Å². The summed E-state index contributed by atoms with van der Waals surface area (Å²) in [6.45, 7) is 3.66. The number of hydrogen-bond acceptors (Lipinski definition) is 6. The van der Waals surface area contributed by atoms with Crippen LogP contribution in [0.1, 0.15) is 6.42 Å². The van der Waals surface area contributed by atoms with Crippen molar-refractivity contribution in [3.05, 3.63) is 28.4 Å². The van der Waals surface area contributed by atoms with E-state index in [2.05, 4.69) is 15.2 Å². The summed E-state index contributed by atoms with van der Waals surface area (Å²) in [6.07, 6.45) is 1.63. The predicted octanol–water partition coefficient (Wildman–Crippen LogP) is 0.651. The zero-order valence-corrected chi connectivity index (χ0v) is 10.9. The van der Waals surface area contributed by atoms with Crippen LogP contribution in [0.25, 0.3) is 0 Å². The molecule has 1 aromatic rings. The van der Waals surface area contributed by atoms with Crippen LogP contribution < -0.4 is 5.32 Å². The van der Waals surface area contributed by atoms with Gasteiger partial charge in [0.25, 0.3) is 5.69 Å². The number of hydrogen-bond donors (Lipinski definition) is 1. The third-order valence-electron chi connectivity index (χ3n) is 2.98. The maximum absolute atomic E-state index is 11.8. The Balaban J connectivity index is 1.81. The summed E-state index contributed by atoms with van der Waals surface area (Å²) in [4.78, 5) is 27.9. The minimum absolute atomic E-state index is 0.0940. The molecule has 8 heteroatoms. The van der Waals surface area contributed by atoms with E-state index < -0.39 is 4.92 Å². The molecule has 0 saturated carbocycles. The number of ether oxygens (including phenoxy) is 1. The van der Waals surface area contributed by atoms with Crippen molar-refractivity contribution in [1.29, 1.82) is 0 Å². The number of aromatic nitrogens is 1. The number of amides is 1. The second kappa shape index (κ2) is 6.92. The van der Waals surface area contributed by atoms with E-state index in [1.807, 2.05) is 0 Å². The van der Waals surface area contributed by atoms with E-state index in [1.54, 1.807) is 0 Å². The van der Waals surface area contributed by atoms with Gasteiger partial charge in [-0.2, -0.15) is 0 Å². The normalized spacial score (nSPS) is 15.8. The number of nitro groups is 1. The van der Waals surface area contributed by atoms with Crippen LogP contribution in [0.3, 0.4) is 0 Å². The Morgan fingerprint density at radius 2 is 2.25 bits per heavy atom. The van der Waals surface area contributed by atoms with Crippen LogP contribution >= 0.6 is 0 Å². The third kappa shape index (κ3) is 4.25. The molecule has 1 amide bonds. The largest absolute Gasteiger partial charge is 0.379 e. The zero-order chi connectivity index (χ0) is 14.4. The van der Waals surface area contributed by atoms with Gasteiger partial charge in [-0.05, 0) is 0 Å². The lowest BCUT2D eigenvalue weighted by atomic mass is 10.3. The fourth-order valence-electron chi connectivity index (χ4n) is 1.89. The smallest absolute Gasteiger partial charge is 0.274 e. The van der Waals surface area contributed by atoms with Gasteiger partial charge in [-0.1, -0.05) is 0 Å². The van der Waals surface area contributed by atoms with Gasteiger partial charge in [0, 0.05) is 38.3 Å². The predicted molar refractivity (Wildman–Crippen MR) is 71.4 cm³/mol. The number of carbonyl (C=O) groups is 1. The van der Waals surface area contributed by atoms with Crippen molar-refractivity contribution in [3.8, 4) is 0 Å². The molecule has 0 radical (unpaired) electrons. The standard InChI is InChI=1S/C12H16N4O4/c17-12(2-4-15-5-7-20-8-6-15)14-11-9-10(16(18)19)1-3-13-11/h1,3,9H,2,4-8H2,(H,13,14,17). The van der Waals surface area contributed by atoms with Crippen molar-refractivity contribution in [2.75, 3.05) is 38.2 Å². The number of rotatable bonds is 5. The molecular formula is C12H16N4O4. The van der Waals surface area contributed by atoms with E-state index in [1.165, 1.54) is 18.3 Å². The molecule has 1 saturated heterocycles. The van der Waals surface area contributed by atoms with Gasteiger partial charge in [-0.25, -0.2) is 4.98 Å². The summed E-state index contributed by atoms with van der Waals surface area (Å²) in [6, 6.07) is 2.52. The molecular weight excluding hydrogens is 264 g/mol. The molecule has 2 rings (SSSR count). The molecule has 0 spiro atoms. The Hall–Kier alpha value is -2.06. The maximum atomic E-state index is 11.8. The number of nitrogens with zero attached hydrogens (tertiary/aromatic N) is 3. The average molecular weight is 280 g/mol. The number of morpholine rings is 1. The monoisotopic (exact) mass is 280 g/mol. The van der Waals surface area contributed by atoms with E-state index in [4.69, 9.17) is 4.74 Å². The van der Waals surface area contributed by atoms with Crippen molar-refractivity contribution in [2.45, 2.75) is 6.42 Å². The summed E-state index contributed by atoms with van der Waals surface area (Å²) in [5, 5.41) is 13.2. The highest BCUT2D eigenvalue weighted by atomic mass is 16.6. The number of carbonyl (C=O) groups excluding carboxylic acids is 1. The number of nitrogens with one attached hydrogen (secondary N) is 1. The average Bonchev–Trinajstić information content (AvgIpc) is 2.46. The van der Waals surface area contributed by atoms with Crippen LogP contribution in [0.5, 0.6) is 0 Å². The first kappa shape index (κ1) is 14.4. The molecule has 8 nitrogen and oxygen atoms in total. The van der Waals surface area contributed by atoms with Crippen molar-refractivity contribution in [1.82, 2.24) is 9.88 Å². The van der Waals surface area contributed by atoms with Crippen molar-refractivity contribution in [3.63, 3.8) is 0 Å². The Morgan fingerprint density at radius 1 is 1.50 bits per heavy atom. The van der Waals surface area contributed by atoms with Gasteiger partial charge in [0.05, 0.1) is 24.2 Å². The highest BCUT2D eigenvalue weighted by Gasteiger charge is 2.13. The molecule has 0 atom stereocenters. The Bertz CT molecular complexity index is 488. The minimum atomic E-state index is -0.523. The molecule has 1 N–H and O–H groups in total. The Labute approximate surface area is 115 Å². The summed E-state index contributed by atoms with van der Waals surface area (Å²) in [5.74, 6) is -0.00401. The minimum Gasteiger partial charge on any atom is -0.379 e. The summed E-state index contributed by atoms with van der Waals surface area (Å²) in [7, 11) is 0. The zero-order valence-electron chi connectivity index (χ0n) is 10.9. The first-order valence-corrected chi connectivity index (χ1v) is 6.35. The van der Waals surface area contributed by atoms with E-state index in [-0.39, 0.29) is 17.4 Å². The van der Waals surface area contributed by atoms with Gasteiger partial charge in [-0.3, -0.25) is 19.8 Å². The van der Waals surface area contributed by atoms with Gasteiger partial charge in [0.1, 0.15) is 5.82 Å². The summed E-state index contributed by atoms with van der Waals surface area (Å²) < 4.78 is 5.22. The summed E-state index contributed by atoms with van der Waals surface area (Å²) in [5.41, 5.74) is -0.0940. The maximum Gasteiger partial charge on any atom is 0.274 e. The van der Waals surface area contributed by atoms with Crippen LogP contribution in [0.15, 0.2) is 18.3 Å². The topological polar surface area (TPSA) is 97.6 Å². The third-order valence-corrected chi connectivity index (χ3v) is 2.98. The lowest BCUT2D eigenvalue weighted by molar-refractivity contribution is -0.384. The molecule has 0 bridgehead atoms. The highest BCUT2D eigenvalue weighted by molar-refractivity contribution is 5.90. The van der Waals surface area contributed by atoms with Crippen molar-refractivity contribution < 1.29 is 14.5 Å². The Morgan fingerprint density at radius 3 is 2.95 bits per heavy atom. The second-order valence-corrected chi connectivity index (χ2v) is 4.41. The van der Waals surface area contributed by atoms with Gasteiger partial charge < -0.3 is 10.1 Å². The summed E-state index contributed by atoms with van der Waals surface area (Å²) >= 11 is 0. The molecule has 1 aromatic heterocycles. The lowest BCUT2D eigenvalue weighted by Crippen LogP contribution is -2.38. The van der Waals surface area contributed by atoms with Crippen LogP contribution in [0.4, 0.5) is 11.5 Å². The lowest BCUT2D eigenvalue weighted by Gasteiger charge is -2.26. The molecule has 0 aliphatic carbocycles. The molecule has 1 fully saturated rings. The molecule has 20 heavy (non-hydrogen) atoms. The van der Waals surface area contributed by atoms with E-state index >= 15 is 0 Å². The quantitative estimate of drug-likeness (QED) is 0.628. The van der Waals surface area contributed by atoms with Crippen LogP contribution in [0.2, 0.25) is 0 Å². The molecule has 108 valence electrons. The molecule has 0 aromatic carbocycles. The highest BCUT2D eigenvalue weighted by Crippen LogP contribution is 2.14. The van der Waals surface area contributed by atoms with Crippen LogP contribution in [-0.4, -0.2) is 53.6 Å². The van der Waals surface area contributed by atoms with Crippen molar-refractivity contribution in [2.24, 2.45) is 0 Å².